The third-order valence-corrected chi connectivity index (χ3v) is 3.85. The number of benzene rings is 1. The molecule has 0 bridgehead atoms. The average Bonchev–Trinajstić information content (AvgIpc) is 3.22. The van der Waals surface area contributed by atoms with Crippen LogP contribution < -0.4 is 10.2 Å². The van der Waals surface area contributed by atoms with Gasteiger partial charge in [0.2, 0.25) is 5.91 Å². The minimum absolute atomic E-state index is 0.0934. The highest BCUT2D eigenvalue weighted by Crippen LogP contribution is 2.19. The number of carbonyl (C=O) groups excluding carboxylic acids is 1. The van der Waals surface area contributed by atoms with Crippen LogP contribution in [0.3, 0.4) is 0 Å². The summed E-state index contributed by atoms with van der Waals surface area (Å²) in [7, 11) is 6.06. The van der Waals surface area contributed by atoms with Gasteiger partial charge >= 0.3 is 0 Å². The molecule has 0 unspecified atom stereocenters. The number of hydrogen-bond acceptors (Lipinski definition) is 3. The number of carbonyl (C=O) groups is 1. The van der Waals surface area contributed by atoms with Crippen LogP contribution in [0.1, 0.15) is 25.3 Å². The summed E-state index contributed by atoms with van der Waals surface area (Å²) in [4.78, 5) is 16.2. The lowest BCUT2D eigenvalue weighted by Gasteiger charge is -2.24. The number of amides is 1. The molecule has 1 N–H and O–H groups in total. The maximum atomic E-state index is 12.0. The highest BCUT2D eigenvalue weighted by atomic mass is 16.2. The van der Waals surface area contributed by atoms with Crippen molar-refractivity contribution in [1.29, 1.82) is 0 Å². The van der Waals surface area contributed by atoms with Crippen molar-refractivity contribution in [2.75, 3.05) is 26.0 Å². The number of rotatable bonds is 6. The Balaban J connectivity index is 1.88. The van der Waals surface area contributed by atoms with Crippen molar-refractivity contribution in [3.8, 4) is 0 Å². The molecule has 1 saturated carbocycles. The van der Waals surface area contributed by atoms with Gasteiger partial charge in [-0.2, -0.15) is 0 Å². The molecule has 4 nitrogen and oxygen atoms in total. The molecule has 0 radical (unpaired) electrons. The highest BCUT2D eigenvalue weighted by Gasteiger charge is 2.27. The van der Waals surface area contributed by atoms with Gasteiger partial charge in [0.25, 0.3) is 0 Å². The fourth-order valence-electron chi connectivity index (χ4n) is 2.07. The van der Waals surface area contributed by atoms with Crippen LogP contribution in [-0.4, -0.2) is 44.0 Å². The molecule has 20 heavy (non-hydrogen) atoms. The first-order valence-corrected chi connectivity index (χ1v) is 7.24. The van der Waals surface area contributed by atoms with Crippen LogP contribution in [0.2, 0.25) is 0 Å². The number of nitrogens with zero attached hydrogens (tertiary/aromatic N) is 2. The lowest BCUT2D eigenvalue weighted by molar-refractivity contribution is -0.125. The quantitative estimate of drug-likeness (QED) is 0.860. The molecule has 110 valence electrons. The van der Waals surface area contributed by atoms with Crippen molar-refractivity contribution >= 4 is 11.6 Å². The monoisotopic (exact) mass is 275 g/mol. The lowest BCUT2D eigenvalue weighted by Crippen LogP contribution is -2.43. The van der Waals surface area contributed by atoms with Gasteiger partial charge in [-0.05, 0) is 44.5 Å². The van der Waals surface area contributed by atoms with E-state index in [1.165, 1.54) is 11.3 Å². The Morgan fingerprint density at radius 1 is 1.25 bits per heavy atom. The Morgan fingerprint density at radius 2 is 1.85 bits per heavy atom. The second-order valence-corrected chi connectivity index (χ2v) is 5.93. The SMILES string of the molecule is C[C@H](C(=O)NC1CC1)N(C)Cc1ccc(N(C)C)cc1. The predicted molar refractivity (Wildman–Crippen MR) is 82.9 cm³/mol. The van der Waals surface area contributed by atoms with Crippen LogP contribution in [-0.2, 0) is 11.3 Å². The summed E-state index contributed by atoms with van der Waals surface area (Å²) in [5.74, 6) is 0.139. The summed E-state index contributed by atoms with van der Waals surface area (Å²) in [6, 6.07) is 8.80. The minimum atomic E-state index is -0.0934. The molecule has 1 aliphatic rings. The van der Waals surface area contributed by atoms with Gasteiger partial charge in [-0.1, -0.05) is 12.1 Å². The molecule has 0 heterocycles. The zero-order valence-electron chi connectivity index (χ0n) is 12.9. The highest BCUT2D eigenvalue weighted by molar-refractivity contribution is 5.81. The molecule has 1 atom stereocenters. The Morgan fingerprint density at radius 3 is 2.35 bits per heavy atom. The van der Waals surface area contributed by atoms with E-state index in [-0.39, 0.29) is 11.9 Å². The molecule has 4 heteroatoms. The van der Waals surface area contributed by atoms with E-state index in [4.69, 9.17) is 0 Å². The van der Waals surface area contributed by atoms with E-state index in [0.717, 1.165) is 19.4 Å². The molecule has 1 aliphatic carbocycles. The van der Waals surface area contributed by atoms with Crippen LogP contribution in [0.25, 0.3) is 0 Å². The van der Waals surface area contributed by atoms with Crippen LogP contribution in [0, 0.1) is 0 Å². The maximum Gasteiger partial charge on any atom is 0.237 e. The third kappa shape index (κ3) is 3.97. The first-order valence-electron chi connectivity index (χ1n) is 7.24. The van der Waals surface area contributed by atoms with Crippen molar-refractivity contribution in [3.63, 3.8) is 0 Å². The largest absolute Gasteiger partial charge is 0.378 e. The van der Waals surface area contributed by atoms with E-state index in [0.29, 0.717) is 6.04 Å². The Bertz CT molecular complexity index is 451. The van der Waals surface area contributed by atoms with Crippen molar-refractivity contribution in [2.24, 2.45) is 0 Å². The summed E-state index contributed by atoms with van der Waals surface area (Å²) in [6.07, 6.45) is 2.27. The number of nitrogens with one attached hydrogen (secondary N) is 1. The second-order valence-electron chi connectivity index (χ2n) is 5.93. The van der Waals surface area contributed by atoms with Crippen LogP contribution >= 0.6 is 0 Å². The molecule has 2 rings (SSSR count). The molecule has 0 aliphatic heterocycles. The van der Waals surface area contributed by atoms with E-state index in [2.05, 4.69) is 39.4 Å². The Hall–Kier alpha value is -1.55. The smallest absolute Gasteiger partial charge is 0.237 e. The van der Waals surface area contributed by atoms with Crippen molar-refractivity contribution < 1.29 is 4.79 Å². The Kier molecular flexibility index (Phi) is 4.65. The van der Waals surface area contributed by atoms with Crippen molar-refractivity contribution in [3.05, 3.63) is 29.8 Å². The van der Waals surface area contributed by atoms with Crippen LogP contribution in [0.15, 0.2) is 24.3 Å². The summed E-state index contributed by atoms with van der Waals surface area (Å²) in [6.45, 7) is 2.75. The van der Waals surface area contributed by atoms with Crippen molar-refractivity contribution in [1.82, 2.24) is 10.2 Å². The van der Waals surface area contributed by atoms with Gasteiger partial charge in [0.1, 0.15) is 0 Å². The van der Waals surface area contributed by atoms with E-state index in [1.807, 2.05) is 28.1 Å². The number of hydrogen-bond donors (Lipinski definition) is 1. The first kappa shape index (κ1) is 14.9. The first-order chi connectivity index (χ1) is 9.47. The van der Waals surface area contributed by atoms with E-state index in [9.17, 15) is 4.79 Å². The van der Waals surface area contributed by atoms with Gasteiger partial charge in [0.05, 0.1) is 6.04 Å². The molecule has 0 aromatic heterocycles. The summed E-state index contributed by atoms with van der Waals surface area (Å²) in [5, 5.41) is 3.06. The zero-order chi connectivity index (χ0) is 14.7. The predicted octanol–water partition coefficient (Wildman–Crippen LogP) is 1.85. The molecular formula is C16H25N3O. The second kappa shape index (κ2) is 6.27. The maximum absolute atomic E-state index is 12.0. The van der Waals surface area contributed by atoms with Gasteiger partial charge in [0, 0.05) is 32.4 Å². The summed E-state index contributed by atoms with van der Waals surface area (Å²) >= 11 is 0. The van der Waals surface area contributed by atoms with Gasteiger partial charge in [-0.25, -0.2) is 0 Å². The van der Waals surface area contributed by atoms with Crippen LogP contribution in [0.5, 0.6) is 0 Å². The van der Waals surface area contributed by atoms with Gasteiger partial charge in [-0.15, -0.1) is 0 Å². The molecule has 1 aromatic rings. The lowest BCUT2D eigenvalue weighted by atomic mass is 10.1. The normalized spacial score (nSPS) is 16.1. The van der Waals surface area contributed by atoms with Gasteiger partial charge in [0.15, 0.2) is 0 Å². The molecule has 0 saturated heterocycles. The fourth-order valence-corrected chi connectivity index (χ4v) is 2.07. The molecule has 1 aromatic carbocycles. The van der Waals surface area contributed by atoms with Gasteiger partial charge in [-0.3, -0.25) is 9.69 Å². The molecular weight excluding hydrogens is 250 g/mol. The van der Waals surface area contributed by atoms with Crippen LogP contribution in [0.4, 0.5) is 5.69 Å². The Labute approximate surface area is 121 Å². The van der Waals surface area contributed by atoms with Crippen molar-refractivity contribution in [2.45, 2.75) is 38.4 Å². The average molecular weight is 275 g/mol. The molecule has 1 amide bonds. The van der Waals surface area contributed by atoms with Gasteiger partial charge < -0.3 is 10.2 Å². The number of likely N-dealkylation sites (N-methyl/N-ethyl adjacent to an activating group) is 1. The topological polar surface area (TPSA) is 35.6 Å². The van der Waals surface area contributed by atoms with E-state index in [1.54, 1.807) is 0 Å². The van der Waals surface area contributed by atoms with E-state index >= 15 is 0 Å². The standard InChI is InChI=1S/C16H25N3O/c1-12(16(20)17-14-7-8-14)19(4)11-13-5-9-15(10-6-13)18(2)3/h5-6,9-10,12,14H,7-8,11H2,1-4H3,(H,17,20)/t12-/m1/s1. The van der Waals surface area contributed by atoms with E-state index < -0.39 is 0 Å². The third-order valence-electron chi connectivity index (χ3n) is 3.85. The fraction of sp³-hybridized carbons (Fsp3) is 0.562. The number of anilines is 1. The summed E-state index contributed by atoms with van der Waals surface area (Å²) < 4.78 is 0. The molecule has 1 fully saturated rings. The summed E-state index contributed by atoms with van der Waals surface area (Å²) in [5.41, 5.74) is 2.42. The minimum Gasteiger partial charge on any atom is -0.378 e. The molecule has 0 spiro atoms. The zero-order valence-corrected chi connectivity index (χ0v) is 12.9.